The summed E-state index contributed by atoms with van der Waals surface area (Å²) in [5.74, 6) is 2.83. The predicted molar refractivity (Wildman–Crippen MR) is 67.9 cm³/mol. The zero-order chi connectivity index (χ0) is 12.5. The minimum atomic E-state index is 0.542. The quantitative estimate of drug-likeness (QED) is 0.857. The van der Waals surface area contributed by atoms with Gasteiger partial charge in [-0.15, -0.1) is 0 Å². The van der Waals surface area contributed by atoms with E-state index in [1.807, 2.05) is 0 Å². The second-order valence-electron chi connectivity index (χ2n) is 5.73. The summed E-state index contributed by atoms with van der Waals surface area (Å²) in [5.41, 5.74) is 5.83. The van der Waals surface area contributed by atoms with Crippen molar-refractivity contribution in [3.8, 4) is 0 Å². The Balaban J connectivity index is 1.60. The van der Waals surface area contributed by atoms with E-state index in [4.69, 9.17) is 10.3 Å². The van der Waals surface area contributed by atoms with Crippen LogP contribution in [0.4, 0.5) is 0 Å². The fourth-order valence-electron chi connectivity index (χ4n) is 3.04. The van der Waals surface area contributed by atoms with Crippen LogP contribution in [0.3, 0.4) is 0 Å². The molecule has 0 radical (unpaired) electrons. The van der Waals surface area contributed by atoms with Gasteiger partial charge < -0.3 is 10.3 Å². The van der Waals surface area contributed by atoms with Gasteiger partial charge in [-0.1, -0.05) is 11.6 Å². The molecule has 2 unspecified atom stereocenters. The van der Waals surface area contributed by atoms with E-state index in [2.05, 4.69) is 22.1 Å². The Morgan fingerprint density at radius 1 is 1.33 bits per heavy atom. The third kappa shape index (κ3) is 2.42. The maximum Gasteiger partial charge on any atom is 0.229 e. The molecule has 0 saturated heterocycles. The smallest absolute Gasteiger partial charge is 0.229 e. The molecule has 0 aromatic carbocycles. The Bertz CT molecular complexity index is 401. The van der Waals surface area contributed by atoms with Gasteiger partial charge in [-0.3, -0.25) is 4.90 Å². The minimum absolute atomic E-state index is 0.542. The molecule has 18 heavy (non-hydrogen) atoms. The Morgan fingerprint density at radius 3 is 2.89 bits per heavy atom. The van der Waals surface area contributed by atoms with Crippen LogP contribution in [0.2, 0.25) is 0 Å². The zero-order valence-electron chi connectivity index (χ0n) is 11.0. The van der Waals surface area contributed by atoms with Crippen LogP contribution in [0, 0.1) is 5.92 Å². The Labute approximate surface area is 108 Å². The van der Waals surface area contributed by atoms with Crippen molar-refractivity contribution < 1.29 is 4.52 Å². The summed E-state index contributed by atoms with van der Waals surface area (Å²) in [6.45, 7) is 1.56. The van der Waals surface area contributed by atoms with Crippen molar-refractivity contribution in [2.24, 2.45) is 11.7 Å². The molecule has 0 spiro atoms. The van der Waals surface area contributed by atoms with E-state index in [1.165, 1.54) is 32.1 Å². The highest BCUT2D eigenvalue weighted by molar-refractivity contribution is 5.02. The Morgan fingerprint density at radius 2 is 2.17 bits per heavy atom. The normalized spacial score (nSPS) is 28.2. The Kier molecular flexibility index (Phi) is 3.35. The van der Waals surface area contributed by atoms with Crippen molar-refractivity contribution >= 4 is 0 Å². The number of hydrogen-bond donors (Lipinski definition) is 1. The number of hydrogen-bond acceptors (Lipinski definition) is 5. The molecule has 1 heterocycles. The molecule has 0 aliphatic heterocycles. The summed E-state index contributed by atoms with van der Waals surface area (Å²) in [4.78, 5) is 6.82. The van der Waals surface area contributed by atoms with E-state index in [0.29, 0.717) is 17.9 Å². The first-order valence-electron chi connectivity index (χ1n) is 7.00. The van der Waals surface area contributed by atoms with E-state index < -0.39 is 0 Å². The van der Waals surface area contributed by atoms with Gasteiger partial charge in [0, 0.05) is 12.0 Å². The van der Waals surface area contributed by atoms with E-state index in [9.17, 15) is 0 Å². The average Bonchev–Trinajstić information content (AvgIpc) is 2.93. The molecule has 2 aliphatic rings. The third-order valence-electron chi connectivity index (χ3n) is 4.29. The van der Waals surface area contributed by atoms with Gasteiger partial charge in [0.25, 0.3) is 0 Å². The van der Waals surface area contributed by atoms with Gasteiger partial charge in [0.1, 0.15) is 0 Å². The fourth-order valence-corrected chi connectivity index (χ4v) is 3.04. The highest BCUT2D eigenvalue weighted by Gasteiger charge is 2.32. The van der Waals surface area contributed by atoms with Crippen LogP contribution in [0.15, 0.2) is 4.52 Å². The van der Waals surface area contributed by atoms with E-state index >= 15 is 0 Å². The average molecular weight is 250 g/mol. The first-order chi connectivity index (χ1) is 8.78. The van der Waals surface area contributed by atoms with Crippen LogP contribution in [0.25, 0.3) is 0 Å². The van der Waals surface area contributed by atoms with Gasteiger partial charge in [-0.25, -0.2) is 0 Å². The molecule has 3 rings (SSSR count). The topological polar surface area (TPSA) is 68.2 Å². The van der Waals surface area contributed by atoms with Crippen molar-refractivity contribution in [2.75, 3.05) is 13.6 Å². The second-order valence-corrected chi connectivity index (χ2v) is 5.73. The second kappa shape index (κ2) is 4.97. The lowest BCUT2D eigenvalue weighted by Gasteiger charge is -2.27. The van der Waals surface area contributed by atoms with Crippen molar-refractivity contribution in [1.29, 1.82) is 0 Å². The molecular weight excluding hydrogens is 228 g/mol. The maximum atomic E-state index is 5.83. The van der Waals surface area contributed by atoms with E-state index in [0.717, 1.165) is 24.8 Å². The molecule has 2 aliphatic carbocycles. The van der Waals surface area contributed by atoms with Gasteiger partial charge in [0.05, 0.1) is 6.54 Å². The van der Waals surface area contributed by atoms with Crippen molar-refractivity contribution in [2.45, 2.75) is 50.6 Å². The molecular formula is C13H22N4O. The van der Waals surface area contributed by atoms with Crippen LogP contribution in [-0.2, 0) is 6.54 Å². The highest BCUT2D eigenvalue weighted by atomic mass is 16.5. The zero-order valence-corrected chi connectivity index (χ0v) is 11.0. The number of nitrogens with two attached hydrogens (primary N) is 1. The standard InChI is InChI=1S/C13H22N4O/c1-17(11-4-2-3-10(11)7-14)8-12-15-13(18-16-12)9-5-6-9/h9-11H,2-8,14H2,1H3. The summed E-state index contributed by atoms with van der Waals surface area (Å²) in [6, 6.07) is 0.581. The molecule has 0 amide bonds. The third-order valence-corrected chi connectivity index (χ3v) is 4.29. The maximum absolute atomic E-state index is 5.83. The van der Waals surface area contributed by atoms with E-state index in [-0.39, 0.29) is 0 Å². The van der Waals surface area contributed by atoms with Gasteiger partial charge in [-0.05, 0) is 45.2 Å². The van der Waals surface area contributed by atoms with Crippen LogP contribution in [0.5, 0.6) is 0 Å². The molecule has 2 saturated carbocycles. The van der Waals surface area contributed by atoms with Gasteiger partial charge in [0.15, 0.2) is 5.82 Å². The lowest BCUT2D eigenvalue weighted by Crippen LogP contribution is -2.37. The molecule has 5 heteroatoms. The minimum Gasteiger partial charge on any atom is -0.339 e. The number of aromatic nitrogens is 2. The predicted octanol–water partition coefficient (Wildman–Crippen LogP) is 1.51. The Hall–Kier alpha value is -0.940. The van der Waals surface area contributed by atoms with Crippen LogP contribution < -0.4 is 5.73 Å². The first kappa shape index (κ1) is 12.1. The van der Waals surface area contributed by atoms with Crippen LogP contribution in [-0.4, -0.2) is 34.7 Å². The summed E-state index contributed by atoms with van der Waals surface area (Å²) in [7, 11) is 2.14. The van der Waals surface area contributed by atoms with Gasteiger partial charge >= 0.3 is 0 Å². The first-order valence-corrected chi connectivity index (χ1v) is 7.00. The van der Waals surface area contributed by atoms with Gasteiger partial charge in [0.2, 0.25) is 5.89 Å². The van der Waals surface area contributed by atoms with Gasteiger partial charge in [-0.2, -0.15) is 4.98 Å². The molecule has 1 aromatic rings. The van der Waals surface area contributed by atoms with Crippen molar-refractivity contribution in [3.63, 3.8) is 0 Å². The monoisotopic (exact) mass is 250 g/mol. The molecule has 0 bridgehead atoms. The lowest BCUT2D eigenvalue weighted by atomic mass is 10.0. The SMILES string of the molecule is CN(Cc1noc(C2CC2)n1)C1CCCC1CN. The van der Waals surface area contributed by atoms with Crippen LogP contribution >= 0.6 is 0 Å². The van der Waals surface area contributed by atoms with E-state index in [1.54, 1.807) is 0 Å². The molecule has 100 valence electrons. The lowest BCUT2D eigenvalue weighted by molar-refractivity contribution is 0.186. The summed E-state index contributed by atoms with van der Waals surface area (Å²) in [6.07, 6.45) is 6.19. The molecule has 5 nitrogen and oxygen atoms in total. The summed E-state index contributed by atoms with van der Waals surface area (Å²) in [5, 5.41) is 4.08. The van der Waals surface area contributed by atoms with Crippen molar-refractivity contribution in [1.82, 2.24) is 15.0 Å². The number of rotatable bonds is 5. The van der Waals surface area contributed by atoms with Crippen molar-refractivity contribution in [3.05, 3.63) is 11.7 Å². The molecule has 2 atom stereocenters. The fraction of sp³-hybridized carbons (Fsp3) is 0.846. The largest absolute Gasteiger partial charge is 0.339 e. The van der Waals surface area contributed by atoms with Crippen LogP contribution in [0.1, 0.15) is 49.7 Å². The summed E-state index contributed by atoms with van der Waals surface area (Å²) < 4.78 is 5.29. The number of nitrogens with zero attached hydrogens (tertiary/aromatic N) is 3. The molecule has 2 fully saturated rings. The molecule has 1 aromatic heterocycles. The highest BCUT2D eigenvalue weighted by Crippen LogP contribution is 2.39. The molecule has 2 N–H and O–H groups in total. The summed E-state index contributed by atoms with van der Waals surface area (Å²) >= 11 is 0.